The summed E-state index contributed by atoms with van der Waals surface area (Å²) in [5.41, 5.74) is 1.15. The van der Waals surface area contributed by atoms with Crippen LogP contribution in [0.15, 0.2) is 0 Å². The predicted octanol–water partition coefficient (Wildman–Crippen LogP) is 2.70. The van der Waals surface area contributed by atoms with Crippen molar-refractivity contribution >= 4 is 17.1 Å². The molecular formula is C13H20N2OS. The molecule has 0 saturated carbocycles. The van der Waals surface area contributed by atoms with Crippen molar-refractivity contribution in [2.45, 2.75) is 52.6 Å². The van der Waals surface area contributed by atoms with Crippen LogP contribution >= 0.6 is 11.3 Å². The molecule has 0 aromatic carbocycles. The Kier molecular flexibility index (Phi) is 3.94. The lowest BCUT2D eigenvalue weighted by Gasteiger charge is -2.22. The Balaban J connectivity index is 2.00. The van der Waals surface area contributed by atoms with Crippen LogP contribution in [0, 0.1) is 13.8 Å². The van der Waals surface area contributed by atoms with Gasteiger partial charge in [-0.25, -0.2) is 4.98 Å². The van der Waals surface area contributed by atoms with E-state index < -0.39 is 0 Å². The number of aryl methyl sites for hydroxylation is 2. The van der Waals surface area contributed by atoms with Crippen molar-refractivity contribution in [3.8, 4) is 0 Å². The summed E-state index contributed by atoms with van der Waals surface area (Å²) in [4.78, 5) is 19.5. The van der Waals surface area contributed by atoms with Gasteiger partial charge in [-0.15, -0.1) is 11.3 Å². The maximum Gasteiger partial charge on any atom is 0.131 e. The molecule has 1 fully saturated rings. The lowest BCUT2D eigenvalue weighted by Crippen LogP contribution is -2.30. The molecule has 1 aliphatic heterocycles. The number of hydrogen-bond donors (Lipinski definition) is 0. The van der Waals surface area contributed by atoms with Crippen LogP contribution < -0.4 is 0 Å². The number of thiazole rings is 1. The van der Waals surface area contributed by atoms with Crippen LogP contribution in [0.1, 0.15) is 41.8 Å². The number of carbonyl (C=O) groups is 1. The molecule has 0 spiro atoms. The Hall–Kier alpha value is -0.740. The van der Waals surface area contributed by atoms with Gasteiger partial charge in [0.05, 0.1) is 12.2 Å². The molecule has 1 unspecified atom stereocenters. The Morgan fingerprint density at radius 3 is 2.88 bits per heavy atom. The minimum absolute atomic E-state index is 0.299. The second-order valence-electron chi connectivity index (χ2n) is 4.92. The average Bonchev–Trinajstić information content (AvgIpc) is 2.76. The molecule has 17 heavy (non-hydrogen) atoms. The van der Waals surface area contributed by atoms with Gasteiger partial charge in [0.25, 0.3) is 0 Å². The third kappa shape index (κ3) is 3.13. The zero-order valence-electron chi connectivity index (χ0n) is 10.8. The highest BCUT2D eigenvalue weighted by Gasteiger charge is 2.26. The molecule has 1 atom stereocenters. The second-order valence-corrected chi connectivity index (χ2v) is 6.21. The van der Waals surface area contributed by atoms with Crippen LogP contribution in [0.5, 0.6) is 0 Å². The molecule has 0 N–H and O–H groups in total. The Morgan fingerprint density at radius 1 is 1.53 bits per heavy atom. The normalized spacial score (nSPS) is 21.0. The van der Waals surface area contributed by atoms with Crippen LogP contribution in [-0.2, 0) is 11.3 Å². The number of rotatable bonds is 4. The van der Waals surface area contributed by atoms with E-state index in [4.69, 9.17) is 0 Å². The molecule has 0 aliphatic carbocycles. The second kappa shape index (κ2) is 5.27. The number of likely N-dealkylation sites (tertiary alicyclic amines) is 1. The van der Waals surface area contributed by atoms with E-state index in [1.165, 1.54) is 16.3 Å². The summed E-state index contributed by atoms with van der Waals surface area (Å²) in [6.45, 7) is 7.89. The molecule has 2 heterocycles. The maximum absolute atomic E-state index is 11.2. The number of ketones is 1. The SMILES string of the molecule is CC(=O)CC1CCCN1Cc1nc(C)c(C)s1. The molecule has 1 aromatic rings. The van der Waals surface area contributed by atoms with Crippen molar-refractivity contribution in [2.24, 2.45) is 0 Å². The average molecular weight is 252 g/mol. The summed E-state index contributed by atoms with van der Waals surface area (Å²) in [5.74, 6) is 0.299. The van der Waals surface area contributed by atoms with E-state index in [2.05, 4.69) is 23.7 Å². The van der Waals surface area contributed by atoms with Crippen molar-refractivity contribution in [3.05, 3.63) is 15.6 Å². The van der Waals surface area contributed by atoms with Crippen molar-refractivity contribution in [1.29, 1.82) is 0 Å². The molecule has 0 amide bonds. The van der Waals surface area contributed by atoms with Gasteiger partial charge in [0.2, 0.25) is 0 Å². The first-order chi connectivity index (χ1) is 8.06. The highest BCUT2D eigenvalue weighted by atomic mass is 32.1. The fourth-order valence-corrected chi connectivity index (χ4v) is 3.41. The zero-order valence-corrected chi connectivity index (χ0v) is 11.6. The van der Waals surface area contributed by atoms with Gasteiger partial charge in [-0.05, 0) is 40.2 Å². The molecule has 3 nitrogen and oxygen atoms in total. The molecule has 1 saturated heterocycles. The van der Waals surface area contributed by atoms with Gasteiger partial charge in [-0.3, -0.25) is 9.69 Å². The number of hydrogen-bond acceptors (Lipinski definition) is 4. The van der Waals surface area contributed by atoms with Crippen LogP contribution in [-0.4, -0.2) is 28.3 Å². The molecular weight excluding hydrogens is 232 g/mol. The summed E-state index contributed by atoms with van der Waals surface area (Å²) in [5, 5.41) is 1.19. The monoisotopic (exact) mass is 252 g/mol. The number of Topliss-reactive ketones (excluding diaryl/α,β-unsaturated/α-hetero) is 1. The molecule has 4 heteroatoms. The van der Waals surface area contributed by atoms with E-state index in [0.717, 1.165) is 25.2 Å². The smallest absolute Gasteiger partial charge is 0.131 e. The summed E-state index contributed by atoms with van der Waals surface area (Å²) in [6, 6.07) is 0.442. The first-order valence-corrected chi connectivity index (χ1v) is 7.04. The van der Waals surface area contributed by atoms with Crippen LogP contribution in [0.25, 0.3) is 0 Å². The summed E-state index contributed by atoms with van der Waals surface area (Å²) in [6.07, 6.45) is 3.06. The largest absolute Gasteiger partial charge is 0.300 e. The molecule has 2 rings (SSSR count). The Morgan fingerprint density at radius 2 is 2.29 bits per heavy atom. The van der Waals surface area contributed by atoms with Crippen LogP contribution in [0.2, 0.25) is 0 Å². The predicted molar refractivity (Wildman–Crippen MR) is 70.3 cm³/mol. The van der Waals surface area contributed by atoms with Crippen LogP contribution in [0.3, 0.4) is 0 Å². The number of aromatic nitrogens is 1. The Bertz CT molecular complexity index is 394. The van der Waals surface area contributed by atoms with Crippen molar-refractivity contribution < 1.29 is 4.79 Å². The fourth-order valence-electron chi connectivity index (χ4n) is 2.45. The lowest BCUT2D eigenvalue weighted by molar-refractivity contribution is -0.118. The third-order valence-electron chi connectivity index (χ3n) is 3.43. The molecule has 1 aromatic heterocycles. The van der Waals surface area contributed by atoms with Gasteiger partial charge in [0.1, 0.15) is 10.8 Å². The third-order valence-corrected chi connectivity index (χ3v) is 4.49. The van der Waals surface area contributed by atoms with Gasteiger partial charge >= 0.3 is 0 Å². The van der Waals surface area contributed by atoms with E-state index in [9.17, 15) is 4.79 Å². The quantitative estimate of drug-likeness (QED) is 0.826. The zero-order chi connectivity index (χ0) is 12.4. The van der Waals surface area contributed by atoms with E-state index in [-0.39, 0.29) is 0 Å². The highest BCUT2D eigenvalue weighted by molar-refractivity contribution is 7.11. The first kappa shape index (κ1) is 12.7. The molecule has 1 aliphatic rings. The van der Waals surface area contributed by atoms with E-state index in [1.54, 1.807) is 18.3 Å². The van der Waals surface area contributed by atoms with Gasteiger partial charge in [-0.2, -0.15) is 0 Å². The van der Waals surface area contributed by atoms with E-state index >= 15 is 0 Å². The number of carbonyl (C=O) groups excluding carboxylic acids is 1. The van der Waals surface area contributed by atoms with Gasteiger partial charge in [0.15, 0.2) is 0 Å². The minimum atomic E-state index is 0.299. The van der Waals surface area contributed by atoms with E-state index in [1.807, 2.05) is 0 Å². The topological polar surface area (TPSA) is 33.2 Å². The van der Waals surface area contributed by atoms with Gasteiger partial charge < -0.3 is 0 Å². The van der Waals surface area contributed by atoms with Gasteiger partial charge in [0, 0.05) is 17.3 Å². The van der Waals surface area contributed by atoms with E-state index in [0.29, 0.717) is 18.2 Å². The maximum atomic E-state index is 11.2. The van der Waals surface area contributed by atoms with Crippen LogP contribution in [0.4, 0.5) is 0 Å². The van der Waals surface area contributed by atoms with Crippen molar-refractivity contribution in [1.82, 2.24) is 9.88 Å². The molecule has 94 valence electrons. The highest BCUT2D eigenvalue weighted by Crippen LogP contribution is 2.25. The Labute approximate surface area is 107 Å². The molecule has 0 radical (unpaired) electrons. The fraction of sp³-hybridized carbons (Fsp3) is 0.692. The minimum Gasteiger partial charge on any atom is -0.300 e. The first-order valence-electron chi connectivity index (χ1n) is 6.22. The molecule has 0 bridgehead atoms. The summed E-state index contributed by atoms with van der Waals surface area (Å²) >= 11 is 1.78. The van der Waals surface area contributed by atoms with Crippen molar-refractivity contribution in [2.75, 3.05) is 6.54 Å². The lowest BCUT2D eigenvalue weighted by atomic mass is 10.1. The summed E-state index contributed by atoms with van der Waals surface area (Å²) < 4.78 is 0. The summed E-state index contributed by atoms with van der Waals surface area (Å²) in [7, 11) is 0. The standard InChI is InChI=1S/C13H20N2OS/c1-9(16)7-12-5-4-6-15(12)8-13-14-10(2)11(3)17-13/h12H,4-8H2,1-3H3. The number of nitrogens with zero attached hydrogens (tertiary/aromatic N) is 2. The van der Waals surface area contributed by atoms with Gasteiger partial charge in [-0.1, -0.05) is 0 Å². The van der Waals surface area contributed by atoms with Crippen molar-refractivity contribution in [3.63, 3.8) is 0 Å².